The van der Waals surface area contributed by atoms with E-state index in [0.29, 0.717) is 18.7 Å². The summed E-state index contributed by atoms with van der Waals surface area (Å²) in [5.74, 6) is -0.160. The van der Waals surface area contributed by atoms with Gasteiger partial charge in [0.25, 0.3) is 5.56 Å². The van der Waals surface area contributed by atoms with E-state index in [9.17, 15) is 18.0 Å². The Balaban J connectivity index is 2.05. The van der Waals surface area contributed by atoms with Crippen molar-refractivity contribution >= 4 is 29.2 Å². The quantitative estimate of drug-likeness (QED) is 0.866. The largest absolute Gasteiger partial charge is 0.433 e. The Morgan fingerprint density at radius 2 is 2.04 bits per heavy atom. The second kappa shape index (κ2) is 6.86. The van der Waals surface area contributed by atoms with Crippen LogP contribution in [0, 0.1) is 0 Å². The first-order valence-corrected chi connectivity index (χ1v) is 7.98. The van der Waals surface area contributed by atoms with Gasteiger partial charge >= 0.3 is 6.18 Å². The summed E-state index contributed by atoms with van der Waals surface area (Å²) in [5, 5.41) is 0.473. The molecule has 1 saturated heterocycles. The molecule has 10 heteroatoms. The molecule has 1 aliphatic heterocycles. The van der Waals surface area contributed by atoms with Gasteiger partial charge in [-0.2, -0.15) is 13.2 Å². The third-order valence-electron chi connectivity index (χ3n) is 3.69. The molecule has 0 amide bonds. The fourth-order valence-corrected chi connectivity index (χ4v) is 2.79. The van der Waals surface area contributed by atoms with Crippen LogP contribution in [0.3, 0.4) is 0 Å². The molecule has 1 aromatic carbocycles. The molecule has 2 heterocycles. The number of H-pyrrole nitrogens is 1. The predicted octanol–water partition coefficient (Wildman–Crippen LogP) is 3.48. The third-order valence-corrected chi connectivity index (χ3v) is 4.43. The number of anilines is 1. The maximum absolute atomic E-state index is 13.4. The Labute approximate surface area is 150 Å². The Bertz CT molecular complexity index is 849. The molecule has 0 unspecified atom stereocenters. The summed E-state index contributed by atoms with van der Waals surface area (Å²) < 4.78 is 45.4. The molecule has 1 fully saturated rings. The van der Waals surface area contributed by atoms with Gasteiger partial charge in [-0.3, -0.25) is 9.78 Å². The number of hydrogen-bond donors (Lipinski definition) is 1. The fourth-order valence-electron chi connectivity index (χ4n) is 2.47. The van der Waals surface area contributed by atoms with Gasteiger partial charge in [-0.25, -0.2) is 4.98 Å². The first kappa shape index (κ1) is 18.0. The third kappa shape index (κ3) is 3.91. The lowest BCUT2D eigenvalue weighted by Crippen LogP contribution is -2.30. The molecular formula is C15H12Cl2F3N3O2. The Hall–Kier alpha value is -1.77. The average molecular weight is 394 g/mol. The number of aromatic amines is 1. The zero-order chi connectivity index (χ0) is 18.2. The lowest BCUT2D eigenvalue weighted by molar-refractivity contribution is -0.141. The number of alkyl halides is 3. The molecule has 0 atom stereocenters. The topological polar surface area (TPSA) is 58.2 Å². The lowest BCUT2D eigenvalue weighted by Gasteiger charge is -2.18. The SMILES string of the molecule is O=c1[nH]c(N2CCOC2)nc(C(F)(F)F)c1Cc1ccc(Cl)c(Cl)c1. The van der Waals surface area contributed by atoms with Gasteiger partial charge in [0.15, 0.2) is 5.69 Å². The van der Waals surface area contributed by atoms with E-state index in [1.165, 1.54) is 23.1 Å². The normalized spacial score (nSPS) is 15.0. The van der Waals surface area contributed by atoms with Crippen molar-refractivity contribution in [1.82, 2.24) is 9.97 Å². The predicted molar refractivity (Wildman–Crippen MR) is 87.3 cm³/mol. The van der Waals surface area contributed by atoms with E-state index in [1.807, 2.05) is 0 Å². The molecule has 134 valence electrons. The first-order valence-electron chi connectivity index (χ1n) is 7.22. The minimum atomic E-state index is -4.77. The lowest BCUT2D eigenvalue weighted by atomic mass is 10.0. The summed E-state index contributed by atoms with van der Waals surface area (Å²) in [4.78, 5) is 19.8. The fraction of sp³-hybridized carbons (Fsp3) is 0.333. The number of halogens is 5. The van der Waals surface area contributed by atoms with Crippen molar-refractivity contribution < 1.29 is 17.9 Å². The number of aromatic nitrogens is 2. The molecule has 5 nitrogen and oxygen atoms in total. The van der Waals surface area contributed by atoms with Crippen LogP contribution in [-0.4, -0.2) is 29.9 Å². The van der Waals surface area contributed by atoms with Crippen molar-refractivity contribution in [1.29, 1.82) is 0 Å². The van der Waals surface area contributed by atoms with Crippen LogP contribution >= 0.6 is 23.2 Å². The van der Waals surface area contributed by atoms with Crippen LogP contribution in [0.5, 0.6) is 0 Å². The van der Waals surface area contributed by atoms with Crippen molar-refractivity contribution in [2.45, 2.75) is 12.6 Å². The highest BCUT2D eigenvalue weighted by Crippen LogP contribution is 2.32. The Morgan fingerprint density at radius 3 is 2.64 bits per heavy atom. The standard InChI is InChI=1S/C15H12Cl2F3N3O2/c16-10-2-1-8(6-11(10)17)5-9-12(15(18,19)20)21-14(22-13(9)24)23-3-4-25-7-23/h1-2,6H,3-5,7H2,(H,21,22,24). The van der Waals surface area contributed by atoms with E-state index in [1.54, 1.807) is 0 Å². The minimum Gasteiger partial charge on any atom is -0.359 e. The summed E-state index contributed by atoms with van der Waals surface area (Å²) in [6, 6.07) is 4.39. The Kier molecular flexibility index (Phi) is 4.95. The second-order valence-corrected chi connectivity index (χ2v) is 6.25. The van der Waals surface area contributed by atoms with Crippen LogP contribution < -0.4 is 10.5 Å². The average Bonchev–Trinajstić information content (AvgIpc) is 3.06. The van der Waals surface area contributed by atoms with Gasteiger partial charge in [-0.1, -0.05) is 29.3 Å². The van der Waals surface area contributed by atoms with Crippen molar-refractivity contribution in [2.75, 3.05) is 24.8 Å². The van der Waals surface area contributed by atoms with Crippen molar-refractivity contribution in [3.05, 3.63) is 55.4 Å². The first-order chi connectivity index (χ1) is 11.8. The van der Waals surface area contributed by atoms with E-state index < -0.39 is 23.0 Å². The molecule has 0 radical (unpaired) electrons. The number of rotatable bonds is 3. The molecular weight excluding hydrogens is 382 g/mol. The highest BCUT2D eigenvalue weighted by Gasteiger charge is 2.38. The summed E-state index contributed by atoms with van der Waals surface area (Å²) in [6.45, 7) is 0.787. The van der Waals surface area contributed by atoms with Gasteiger partial charge in [0.2, 0.25) is 5.95 Å². The van der Waals surface area contributed by atoms with Gasteiger partial charge in [-0.05, 0) is 17.7 Å². The van der Waals surface area contributed by atoms with Gasteiger partial charge in [0, 0.05) is 13.0 Å². The van der Waals surface area contributed by atoms with E-state index in [-0.39, 0.29) is 29.1 Å². The summed E-state index contributed by atoms with van der Waals surface area (Å²) in [6.07, 6.45) is -5.04. The minimum absolute atomic E-state index is 0.0758. The van der Waals surface area contributed by atoms with Crippen LogP contribution in [0.25, 0.3) is 0 Å². The van der Waals surface area contributed by atoms with E-state index in [4.69, 9.17) is 27.9 Å². The van der Waals surface area contributed by atoms with Crippen molar-refractivity contribution in [2.24, 2.45) is 0 Å². The highest BCUT2D eigenvalue weighted by atomic mass is 35.5. The summed E-state index contributed by atoms with van der Waals surface area (Å²) in [7, 11) is 0. The van der Waals surface area contributed by atoms with E-state index in [2.05, 4.69) is 9.97 Å². The zero-order valence-electron chi connectivity index (χ0n) is 12.7. The molecule has 0 aliphatic carbocycles. The number of nitrogens with one attached hydrogen (secondary N) is 1. The van der Waals surface area contributed by atoms with Crippen LogP contribution in [0.2, 0.25) is 10.0 Å². The van der Waals surface area contributed by atoms with Crippen molar-refractivity contribution in [3.8, 4) is 0 Å². The molecule has 1 aliphatic rings. The van der Waals surface area contributed by atoms with Crippen LogP contribution in [0.4, 0.5) is 19.1 Å². The molecule has 0 spiro atoms. The summed E-state index contributed by atoms with van der Waals surface area (Å²) in [5.41, 5.74) is -2.13. The molecule has 0 saturated carbocycles. The monoisotopic (exact) mass is 393 g/mol. The van der Waals surface area contributed by atoms with Crippen LogP contribution in [-0.2, 0) is 17.3 Å². The van der Waals surface area contributed by atoms with E-state index in [0.717, 1.165) is 0 Å². The van der Waals surface area contributed by atoms with Crippen molar-refractivity contribution in [3.63, 3.8) is 0 Å². The highest BCUT2D eigenvalue weighted by molar-refractivity contribution is 6.42. The molecule has 2 aromatic rings. The molecule has 3 rings (SSSR count). The number of hydrogen-bond acceptors (Lipinski definition) is 4. The maximum atomic E-state index is 13.4. The van der Waals surface area contributed by atoms with Crippen LogP contribution in [0.1, 0.15) is 16.8 Å². The van der Waals surface area contributed by atoms with Gasteiger partial charge in [0.05, 0.1) is 22.2 Å². The number of benzene rings is 1. The summed E-state index contributed by atoms with van der Waals surface area (Å²) >= 11 is 11.7. The molecule has 0 bridgehead atoms. The second-order valence-electron chi connectivity index (χ2n) is 5.44. The Morgan fingerprint density at radius 1 is 1.28 bits per heavy atom. The van der Waals surface area contributed by atoms with Gasteiger partial charge in [0.1, 0.15) is 6.73 Å². The number of nitrogens with zero attached hydrogens (tertiary/aromatic N) is 2. The maximum Gasteiger partial charge on any atom is 0.433 e. The smallest absolute Gasteiger partial charge is 0.359 e. The van der Waals surface area contributed by atoms with Crippen LogP contribution in [0.15, 0.2) is 23.0 Å². The molecule has 1 aromatic heterocycles. The molecule has 25 heavy (non-hydrogen) atoms. The van der Waals surface area contributed by atoms with Gasteiger partial charge in [-0.15, -0.1) is 0 Å². The molecule has 1 N–H and O–H groups in total. The number of ether oxygens (including phenoxy) is 1. The van der Waals surface area contributed by atoms with E-state index >= 15 is 0 Å². The zero-order valence-corrected chi connectivity index (χ0v) is 14.2. The van der Waals surface area contributed by atoms with Gasteiger partial charge < -0.3 is 9.64 Å².